The Labute approximate surface area is 121 Å². The van der Waals surface area contributed by atoms with Gasteiger partial charge in [0, 0.05) is 11.8 Å². The average molecular weight is 279 g/mol. The average Bonchev–Trinajstić information content (AvgIpc) is 3.20. The second-order valence-electron chi connectivity index (χ2n) is 5.66. The Bertz CT molecular complexity index is 373. The molecule has 0 spiro atoms. The maximum Gasteiger partial charge on any atom is 0.119 e. The van der Waals surface area contributed by atoms with Crippen LogP contribution in [0.4, 0.5) is 0 Å². The van der Waals surface area contributed by atoms with Crippen molar-refractivity contribution in [3.63, 3.8) is 0 Å². The van der Waals surface area contributed by atoms with Crippen LogP contribution in [0, 0.1) is 5.92 Å². The molecule has 0 bridgehead atoms. The molecule has 0 heterocycles. The third-order valence-corrected chi connectivity index (χ3v) is 4.67. The van der Waals surface area contributed by atoms with Crippen LogP contribution < -0.4 is 10.1 Å². The Morgan fingerprint density at radius 3 is 2.42 bits per heavy atom. The molecule has 2 nitrogen and oxygen atoms in total. The third-order valence-electron chi connectivity index (χ3n) is 3.19. The van der Waals surface area contributed by atoms with Crippen molar-refractivity contribution >= 4 is 11.8 Å². The Morgan fingerprint density at radius 1 is 1.21 bits per heavy atom. The predicted molar refractivity (Wildman–Crippen MR) is 84.1 cm³/mol. The molecule has 1 saturated carbocycles. The molecule has 1 aliphatic rings. The van der Waals surface area contributed by atoms with Crippen LogP contribution in [-0.4, -0.2) is 24.7 Å². The Morgan fingerprint density at radius 2 is 1.89 bits per heavy atom. The predicted octanol–water partition coefficient (Wildman–Crippen LogP) is 3.88. The number of nitrogens with one attached hydrogen (secondary N) is 1. The normalized spacial score (nSPS) is 16.6. The van der Waals surface area contributed by atoms with Crippen LogP contribution in [0.2, 0.25) is 0 Å². The fourth-order valence-corrected chi connectivity index (χ4v) is 3.13. The minimum absolute atomic E-state index is 0.429. The Balaban J connectivity index is 1.86. The number of rotatable bonds is 8. The third kappa shape index (κ3) is 5.07. The lowest BCUT2D eigenvalue weighted by Gasteiger charge is -2.17. The topological polar surface area (TPSA) is 21.3 Å². The van der Waals surface area contributed by atoms with Crippen molar-refractivity contribution in [1.29, 1.82) is 0 Å². The van der Waals surface area contributed by atoms with E-state index in [1.165, 1.54) is 24.2 Å². The minimum atomic E-state index is 0.429. The zero-order valence-electron chi connectivity index (χ0n) is 12.2. The highest BCUT2D eigenvalue weighted by Crippen LogP contribution is 2.28. The summed E-state index contributed by atoms with van der Waals surface area (Å²) < 4.78 is 5.78. The van der Waals surface area contributed by atoms with Gasteiger partial charge in [-0.2, -0.15) is 11.8 Å². The van der Waals surface area contributed by atoms with Crippen molar-refractivity contribution in [3.8, 4) is 5.75 Å². The molecule has 1 aromatic rings. The van der Waals surface area contributed by atoms with E-state index in [2.05, 4.69) is 43.4 Å². The molecule has 19 heavy (non-hydrogen) atoms. The van der Waals surface area contributed by atoms with Crippen LogP contribution >= 0.6 is 11.8 Å². The molecule has 0 aromatic heterocycles. The van der Waals surface area contributed by atoms with Gasteiger partial charge in [0.2, 0.25) is 0 Å². The van der Waals surface area contributed by atoms with E-state index in [-0.39, 0.29) is 0 Å². The number of thioether (sulfide) groups is 1. The summed E-state index contributed by atoms with van der Waals surface area (Å²) in [5, 5.41) is 3.40. The highest BCUT2D eigenvalue weighted by Gasteiger charge is 2.23. The molecule has 1 aliphatic carbocycles. The Hall–Kier alpha value is -0.670. The monoisotopic (exact) mass is 279 g/mol. The molecule has 106 valence electrons. The quantitative estimate of drug-likeness (QED) is 0.780. The summed E-state index contributed by atoms with van der Waals surface area (Å²) in [4.78, 5) is 0. The molecule has 2 rings (SSSR count). The maximum absolute atomic E-state index is 5.78. The fraction of sp³-hybridized carbons (Fsp3) is 0.625. The first-order chi connectivity index (χ1) is 9.19. The van der Waals surface area contributed by atoms with E-state index in [1.807, 2.05) is 18.8 Å². The van der Waals surface area contributed by atoms with E-state index in [4.69, 9.17) is 4.74 Å². The van der Waals surface area contributed by atoms with Crippen LogP contribution in [0.15, 0.2) is 24.3 Å². The first-order valence-electron chi connectivity index (χ1n) is 7.20. The largest absolute Gasteiger partial charge is 0.490 e. The van der Waals surface area contributed by atoms with Gasteiger partial charge in [0.05, 0.1) is 6.10 Å². The van der Waals surface area contributed by atoms with Crippen LogP contribution in [0.3, 0.4) is 0 Å². The van der Waals surface area contributed by atoms with Crippen molar-refractivity contribution in [2.75, 3.05) is 18.6 Å². The lowest BCUT2D eigenvalue weighted by molar-refractivity contribution is 0.303. The molecule has 1 unspecified atom stereocenters. The molecule has 3 heteroatoms. The summed E-state index contributed by atoms with van der Waals surface area (Å²) >= 11 is 2.02. The molecule has 1 N–H and O–H groups in total. The maximum atomic E-state index is 5.78. The summed E-state index contributed by atoms with van der Waals surface area (Å²) in [6.07, 6.45) is 2.91. The first-order valence-corrected chi connectivity index (χ1v) is 8.36. The van der Waals surface area contributed by atoms with E-state index in [0.29, 0.717) is 12.1 Å². The van der Waals surface area contributed by atoms with Crippen LogP contribution in [0.25, 0.3) is 0 Å². The van der Waals surface area contributed by atoms with E-state index in [1.54, 1.807) is 0 Å². The summed E-state index contributed by atoms with van der Waals surface area (Å²) in [6, 6.07) is 9.01. The standard InChI is InChI=1S/C16H25NOS/c1-12(2)10-19-11-16(17-3)13-4-6-14(7-5-13)18-15-8-9-15/h4-7,12,15-17H,8-11H2,1-3H3. The van der Waals surface area contributed by atoms with Crippen molar-refractivity contribution < 1.29 is 4.74 Å². The van der Waals surface area contributed by atoms with E-state index in [9.17, 15) is 0 Å². The highest BCUT2D eigenvalue weighted by atomic mass is 32.2. The van der Waals surface area contributed by atoms with Crippen LogP contribution in [0.5, 0.6) is 5.75 Å². The van der Waals surface area contributed by atoms with Gasteiger partial charge in [-0.25, -0.2) is 0 Å². The van der Waals surface area contributed by atoms with Gasteiger partial charge in [0.25, 0.3) is 0 Å². The number of hydrogen-bond donors (Lipinski definition) is 1. The zero-order chi connectivity index (χ0) is 13.7. The number of hydrogen-bond acceptors (Lipinski definition) is 3. The van der Waals surface area contributed by atoms with Gasteiger partial charge in [-0.05, 0) is 49.3 Å². The van der Waals surface area contributed by atoms with Crippen molar-refractivity contribution in [1.82, 2.24) is 5.32 Å². The molecule has 0 radical (unpaired) electrons. The molecule has 1 atom stereocenters. The van der Waals surface area contributed by atoms with Gasteiger partial charge < -0.3 is 10.1 Å². The summed E-state index contributed by atoms with van der Waals surface area (Å²) in [7, 11) is 2.04. The second-order valence-corrected chi connectivity index (χ2v) is 6.73. The van der Waals surface area contributed by atoms with Crippen LogP contribution in [-0.2, 0) is 0 Å². The minimum Gasteiger partial charge on any atom is -0.490 e. The number of benzene rings is 1. The van der Waals surface area contributed by atoms with Gasteiger partial charge in [0.15, 0.2) is 0 Å². The van der Waals surface area contributed by atoms with Gasteiger partial charge in [-0.1, -0.05) is 26.0 Å². The van der Waals surface area contributed by atoms with Crippen molar-refractivity contribution in [2.45, 2.75) is 38.8 Å². The lowest BCUT2D eigenvalue weighted by Crippen LogP contribution is -2.19. The van der Waals surface area contributed by atoms with E-state index in [0.717, 1.165) is 17.4 Å². The van der Waals surface area contributed by atoms with Crippen molar-refractivity contribution in [3.05, 3.63) is 29.8 Å². The van der Waals surface area contributed by atoms with Gasteiger partial charge in [-0.15, -0.1) is 0 Å². The lowest BCUT2D eigenvalue weighted by atomic mass is 10.1. The van der Waals surface area contributed by atoms with Gasteiger partial charge in [-0.3, -0.25) is 0 Å². The van der Waals surface area contributed by atoms with E-state index >= 15 is 0 Å². The summed E-state index contributed by atoms with van der Waals surface area (Å²) in [5.74, 6) is 4.12. The molecule has 1 fully saturated rings. The Kier molecular flexibility index (Phi) is 5.59. The molecule has 0 amide bonds. The van der Waals surface area contributed by atoms with Gasteiger partial charge in [0.1, 0.15) is 5.75 Å². The molecule has 0 saturated heterocycles. The number of ether oxygens (including phenoxy) is 1. The summed E-state index contributed by atoms with van der Waals surface area (Å²) in [6.45, 7) is 4.54. The van der Waals surface area contributed by atoms with Crippen molar-refractivity contribution in [2.24, 2.45) is 5.92 Å². The fourth-order valence-electron chi connectivity index (χ4n) is 1.92. The van der Waals surface area contributed by atoms with Gasteiger partial charge >= 0.3 is 0 Å². The molecule has 1 aromatic carbocycles. The molecule has 0 aliphatic heterocycles. The van der Waals surface area contributed by atoms with Crippen LogP contribution in [0.1, 0.15) is 38.3 Å². The summed E-state index contributed by atoms with van der Waals surface area (Å²) in [5.41, 5.74) is 1.35. The highest BCUT2D eigenvalue weighted by molar-refractivity contribution is 7.99. The second kappa shape index (κ2) is 7.20. The van der Waals surface area contributed by atoms with E-state index < -0.39 is 0 Å². The zero-order valence-corrected chi connectivity index (χ0v) is 13.0. The SMILES string of the molecule is CNC(CSCC(C)C)c1ccc(OC2CC2)cc1. The smallest absolute Gasteiger partial charge is 0.119 e. The molecular formula is C16H25NOS. The first kappa shape index (κ1) is 14.7. The molecular weight excluding hydrogens is 254 g/mol.